The van der Waals surface area contributed by atoms with Crippen molar-refractivity contribution in [1.29, 1.82) is 0 Å². The Bertz CT molecular complexity index is 1040. The second-order valence-corrected chi connectivity index (χ2v) is 8.13. The van der Waals surface area contributed by atoms with E-state index in [1.165, 1.54) is 16.8 Å². The minimum absolute atomic E-state index is 0.0784. The van der Waals surface area contributed by atoms with Gasteiger partial charge in [0, 0.05) is 37.0 Å². The second kappa shape index (κ2) is 9.35. The molecule has 2 amide bonds. The van der Waals surface area contributed by atoms with Crippen molar-refractivity contribution >= 4 is 11.7 Å². The highest BCUT2D eigenvalue weighted by atomic mass is 16.5. The third-order valence-corrected chi connectivity index (χ3v) is 5.85. The van der Waals surface area contributed by atoms with Crippen LogP contribution in [0.2, 0.25) is 0 Å². The molecule has 6 nitrogen and oxygen atoms in total. The van der Waals surface area contributed by atoms with Crippen molar-refractivity contribution in [1.82, 2.24) is 14.7 Å². The van der Waals surface area contributed by atoms with Crippen LogP contribution in [0.4, 0.5) is 10.5 Å². The van der Waals surface area contributed by atoms with Crippen molar-refractivity contribution in [2.75, 3.05) is 11.9 Å². The molecule has 4 rings (SSSR count). The molecule has 0 radical (unpaired) electrons. The molecular formula is C25H30N4O2. The van der Waals surface area contributed by atoms with E-state index in [1.807, 2.05) is 28.8 Å². The van der Waals surface area contributed by atoms with Crippen LogP contribution in [0.3, 0.4) is 0 Å². The summed E-state index contributed by atoms with van der Waals surface area (Å²) in [5.41, 5.74) is 7.66. The van der Waals surface area contributed by atoms with Crippen LogP contribution in [-0.2, 0) is 44.4 Å². The molecule has 2 heterocycles. The molecule has 0 spiro atoms. The largest absolute Gasteiger partial charge is 0.370 e. The molecule has 6 heteroatoms. The van der Waals surface area contributed by atoms with E-state index in [0.717, 1.165) is 35.3 Å². The van der Waals surface area contributed by atoms with Crippen LogP contribution in [0.15, 0.2) is 48.5 Å². The van der Waals surface area contributed by atoms with Crippen molar-refractivity contribution in [3.05, 3.63) is 82.2 Å². The molecular weight excluding hydrogens is 388 g/mol. The third kappa shape index (κ3) is 4.97. The van der Waals surface area contributed by atoms with Crippen molar-refractivity contribution in [3.63, 3.8) is 0 Å². The molecule has 1 aromatic heterocycles. The van der Waals surface area contributed by atoms with E-state index >= 15 is 0 Å². The number of nitrogens with zero attached hydrogens (tertiary/aromatic N) is 3. The maximum Gasteiger partial charge on any atom is 0.322 e. The molecule has 1 aliphatic rings. The van der Waals surface area contributed by atoms with Crippen molar-refractivity contribution < 1.29 is 9.53 Å². The summed E-state index contributed by atoms with van der Waals surface area (Å²) in [4.78, 5) is 14.7. The lowest BCUT2D eigenvalue weighted by Crippen LogP contribution is -2.39. The summed E-state index contributed by atoms with van der Waals surface area (Å²) >= 11 is 0. The topological polar surface area (TPSA) is 59.4 Å². The van der Waals surface area contributed by atoms with Crippen LogP contribution in [0.5, 0.6) is 0 Å². The van der Waals surface area contributed by atoms with Gasteiger partial charge in [-0.05, 0) is 36.6 Å². The summed E-state index contributed by atoms with van der Waals surface area (Å²) in [5, 5.41) is 7.69. The zero-order chi connectivity index (χ0) is 21.8. The van der Waals surface area contributed by atoms with Gasteiger partial charge in [0.15, 0.2) is 0 Å². The molecule has 0 fully saturated rings. The SMILES string of the molecule is CCc1ccc(NC(=O)N2CCc3c(c(COCc4ccc(C)cc4)nn3C)C2)cc1. The average molecular weight is 419 g/mol. The normalized spacial score (nSPS) is 13.2. The highest BCUT2D eigenvalue weighted by Crippen LogP contribution is 2.24. The number of fused-ring (bicyclic) bond motifs is 1. The molecule has 0 bridgehead atoms. The van der Waals surface area contributed by atoms with Crippen molar-refractivity contribution in [2.45, 2.75) is 46.4 Å². The second-order valence-electron chi connectivity index (χ2n) is 8.13. The first kappa shape index (κ1) is 21.1. The number of urea groups is 1. The molecule has 2 aromatic carbocycles. The summed E-state index contributed by atoms with van der Waals surface area (Å²) in [6, 6.07) is 16.3. The van der Waals surface area contributed by atoms with Crippen molar-refractivity contribution in [2.24, 2.45) is 7.05 Å². The Labute approximate surface area is 183 Å². The van der Waals surface area contributed by atoms with Crippen LogP contribution in [0.25, 0.3) is 0 Å². The van der Waals surface area contributed by atoms with Gasteiger partial charge in [-0.15, -0.1) is 0 Å². The minimum Gasteiger partial charge on any atom is -0.370 e. The quantitative estimate of drug-likeness (QED) is 0.637. The first-order valence-corrected chi connectivity index (χ1v) is 10.8. The van der Waals surface area contributed by atoms with Gasteiger partial charge in [0.25, 0.3) is 0 Å². The average Bonchev–Trinajstić information content (AvgIpc) is 3.10. The Morgan fingerprint density at radius 3 is 2.48 bits per heavy atom. The number of benzene rings is 2. The zero-order valence-electron chi connectivity index (χ0n) is 18.5. The Hall–Kier alpha value is -3.12. The zero-order valence-corrected chi connectivity index (χ0v) is 18.5. The van der Waals surface area contributed by atoms with Crippen LogP contribution >= 0.6 is 0 Å². The Morgan fingerprint density at radius 1 is 1.06 bits per heavy atom. The molecule has 0 atom stereocenters. The molecule has 0 saturated heterocycles. The third-order valence-electron chi connectivity index (χ3n) is 5.85. The van der Waals surface area contributed by atoms with E-state index in [0.29, 0.717) is 26.3 Å². The van der Waals surface area contributed by atoms with E-state index in [1.54, 1.807) is 0 Å². The van der Waals surface area contributed by atoms with E-state index in [-0.39, 0.29) is 6.03 Å². The van der Waals surface area contributed by atoms with Gasteiger partial charge in [0.2, 0.25) is 0 Å². The van der Waals surface area contributed by atoms with Crippen LogP contribution < -0.4 is 5.32 Å². The Morgan fingerprint density at radius 2 is 1.77 bits per heavy atom. The molecule has 1 N–H and O–H groups in total. The maximum atomic E-state index is 12.8. The predicted molar refractivity (Wildman–Crippen MR) is 122 cm³/mol. The highest BCUT2D eigenvalue weighted by Gasteiger charge is 2.26. The van der Waals surface area contributed by atoms with Gasteiger partial charge >= 0.3 is 6.03 Å². The summed E-state index contributed by atoms with van der Waals surface area (Å²) in [7, 11) is 1.97. The Balaban J connectivity index is 1.39. The van der Waals surface area contributed by atoms with Gasteiger partial charge in [0.1, 0.15) is 0 Å². The fourth-order valence-electron chi connectivity index (χ4n) is 3.94. The standard InChI is InChI=1S/C25H30N4O2/c1-4-19-9-11-21(12-10-19)26-25(30)29-14-13-24-22(15-29)23(27-28(24)3)17-31-16-20-7-5-18(2)6-8-20/h5-12H,4,13-17H2,1-3H3,(H,26,30). The van der Waals surface area contributed by atoms with Gasteiger partial charge in [-0.1, -0.05) is 48.9 Å². The van der Waals surface area contributed by atoms with Crippen LogP contribution in [0.1, 0.15) is 40.6 Å². The fourth-order valence-corrected chi connectivity index (χ4v) is 3.94. The van der Waals surface area contributed by atoms with E-state index < -0.39 is 0 Å². The monoisotopic (exact) mass is 418 g/mol. The Kier molecular flexibility index (Phi) is 6.37. The molecule has 31 heavy (non-hydrogen) atoms. The molecule has 162 valence electrons. The van der Waals surface area contributed by atoms with Crippen LogP contribution in [-0.4, -0.2) is 27.3 Å². The summed E-state index contributed by atoms with van der Waals surface area (Å²) < 4.78 is 7.87. The number of carbonyl (C=O) groups is 1. The lowest BCUT2D eigenvalue weighted by atomic mass is 10.1. The number of amides is 2. The van der Waals surface area contributed by atoms with Gasteiger partial charge in [-0.2, -0.15) is 5.10 Å². The number of aryl methyl sites for hydroxylation is 3. The minimum atomic E-state index is -0.0784. The van der Waals surface area contributed by atoms with Crippen molar-refractivity contribution in [3.8, 4) is 0 Å². The highest BCUT2D eigenvalue weighted by molar-refractivity contribution is 5.89. The first-order chi connectivity index (χ1) is 15.0. The predicted octanol–water partition coefficient (Wildman–Crippen LogP) is 4.60. The van der Waals surface area contributed by atoms with Gasteiger partial charge < -0.3 is 15.0 Å². The molecule has 0 aliphatic carbocycles. The smallest absolute Gasteiger partial charge is 0.322 e. The number of ether oxygens (including phenoxy) is 1. The van der Waals surface area contributed by atoms with Gasteiger partial charge in [-0.3, -0.25) is 4.68 Å². The first-order valence-electron chi connectivity index (χ1n) is 10.8. The van der Waals surface area contributed by atoms with Gasteiger partial charge in [0.05, 0.1) is 25.5 Å². The van der Waals surface area contributed by atoms with E-state index in [2.05, 4.69) is 60.7 Å². The lowest BCUT2D eigenvalue weighted by Gasteiger charge is -2.28. The molecule has 3 aromatic rings. The summed E-state index contributed by atoms with van der Waals surface area (Å²) in [6.07, 6.45) is 1.78. The summed E-state index contributed by atoms with van der Waals surface area (Å²) in [5.74, 6) is 0. The number of rotatable bonds is 6. The molecule has 0 saturated carbocycles. The fraction of sp³-hybridized carbons (Fsp3) is 0.360. The van der Waals surface area contributed by atoms with Crippen LogP contribution in [0, 0.1) is 6.92 Å². The van der Waals surface area contributed by atoms with E-state index in [4.69, 9.17) is 4.74 Å². The number of hydrogen-bond acceptors (Lipinski definition) is 3. The van der Waals surface area contributed by atoms with Gasteiger partial charge in [-0.25, -0.2) is 4.79 Å². The number of aromatic nitrogens is 2. The number of anilines is 1. The number of nitrogens with one attached hydrogen (secondary N) is 1. The molecule has 0 unspecified atom stereocenters. The maximum absolute atomic E-state index is 12.8. The lowest BCUT2D eigenvalue weighted by molar-refractivity contribution is 0.103. The molecule has 1 aliphatic heterocycles. The number of hydrogen-bond donors (Lipinski definition) is 1. The van der Waals surface area contributed by atoms with E-state index in [9.17, 15) is 4.79 Å². The number of carbonyl (C=O) groups excluding carboxylic acids is 1. The summed E-state index contributed by atoms with van der Waals surface area (Å²) in [6.45, 7) is 6.40.